The molecule has 0 fully saturated rings. The number of carbonyl (C=O) groups is 1. The van der Waals surface area contributed by atoms with Crippen LogP contribution < -0.4 is 4.72 Å². The predicted molar refractivity (Wildman–Crippen MR) is 136 cm³/mol. The van der Waals surface area contributed by atoms with E-state index < -0.39 is 16.0 Å². The normalized spacial score (nSPS) is 11.6. The van der Waals surface area contributed by atoms with Crippen molar-refractivity contribution in [2.75, 3.05) is 11.3 Å². The molecular formula is C26H25ClN2O4S. The van der Waals surface area contributed by atoms with Crippen LogP contribution in [0.1, 0.15) is 34.1 Å². The topological polar surface area (TPSA) is 77.4 Å². The second-order valence-electron chi connectivity index (χ2n) is 8.10. The van der Waals surface area contributed by atoms with Gasteiger partial charge in [-0.05, 0) is 81.8 Å². The van der Waals surface area contributed by atoms with Gasteiger partial charge >= 0.3 is 5.97 Å². The number of nitrogens with zero attached hydrogens (tertiary/aromatic N) is 1. The summed E-state index contributed by atoms with van der Waals surface area (Å²) in [4.78, 5) is 13.0. The quantitative estimate of drug-likeness (QED) is 0.323. The molecule has 0 aliphatic rings. The van der Waals surface area contributed by atoms with Crippen LogP contribution in [0.25, 0.3) is 16.6 Å². The minimum Gasteiger partial charge on any atom is -0.462 e. The number of sulfonamides is 1. The van der Waals surface area contributed by atoms with Gasteiger partial charge in [0.05, 0.1) is 22.6 Å². The Balaban J connectivity index is 1.91. The van der Waals surface area contributed by atoms with Gasteiger partial charge in [0, 0.05) is 27.5 Å². The van der Waals surface area contributed by atoms with Crippen molar-refractivity contribution in [3.8, 4) is 5.69 Å². The minimum absolute atomic E-state index is 0.0914. The zero-order chi connectivity index (χ0) is 24.6. The van der Waals surface area contributed by atoms with Crippen LogP contribution in [0.5, 0.6) is 0 Å². The Morgan fingerprint density at radius 1 is 1.00 bits per heavy atom. The molecular weight excluding hydrogens is 472 g/mol. The molecule has 0 bridgehead atoms. The predicted octanol–water partition coefficient (Wildman–Crippen LogP) is 6.19. The van der Waals surface area contributed by atoms with E-state index in [4.69, 9.17) is 16.3 Å². The molecule has 0 aliphatic heterocycles. The molecule has 1 heterocycles. The second-order valence-corrected chi connectivity index (χ2v) is 10.2. The third-order valence-electron chi connectivity index (χ3n) is 5.64. The fourth-order valence-electron chi connectivity index (χ4n) is 4.11. The van der Waals surface area contributed by atoms with E-state index in [0.29, 0.717) is 21.7 Å². The van der Waals surface area contributed by atoms with E-state index in [1.807, 2.05) is 49.6 Å². The average Bonchev–Trinajstić information content (AvgIpc) is 3.07. The van der Waals surface area contributed by atoms with E-state index in [2.05, 4.69) is 4.72 Å². The number of fused-ring (bicyclic) bond motifs is 1. The van der Waals surface area contributed by atoms with Gasteiger partial charge in [-0.3, -0.25) is 4.72 Å². The van der Waals surface area contributed by atoms with E-state index in [1.54, 1.807) is 19.1 Å². The van der Waals surface area contributed by atoms with Crippen molar-refractivity contribution in [2.45, 2.75) is 32.6 Å². The van der Waals surface area contributed by atoms with Crippen molar-refractivity contribution in [3.05, 3.63) is 88.1 Å². The number of halogens is 1. The summed E-state index contributed by atoms with van der Waals surface area (Å²) < 4.78 is 35.9. The van der Waals surface area contributed by atoms with E-state index in [9.17, 15) is 13.2 Å². The van der Waals surface area contributed by atoms with Crippen molar-refractivity contribution in [3.63, 3.8) is 0 Å². The van der Waals surface area contributed by atoms with Crippen LogP contribution in [-0.2, 0) is 14.8 Å². The molecule has 0 saturated carbocycles. The lowest BCUT2D eigenvalue weighted by atomic mass is 10.1. The summed E-state index contributed by atoms with van der Waals surface area (Å²) >= 11 is 5.90. The van der Waals surface area contributed by atoms with Crippen molar-refractivity contribution < 1.29 is 17.9 Å². The minimum atomic E-state index is -3.85. The van der Waals surface area contributed by atoms with Crippen LogP contribution in [0.2, 0.25) is 5.02 Å². The molecule has 0 saturated heterocycles. The number of hydrogen-bond acceptors (Lipinski definition) is 4. The average molecular weight is 497 g/mol. The summed E-state index contributed by atoms with van der Waals surface area (Å²) in [7, 11) is -3.85. The lowest BCUT2D eigenvalue weighted by Crippen LogP contribution is -2.13. The fraction of sp³-hybridized carbons (Fsp3) is 0.192. The molecule has 3 aromatic carbocycles. The standard InChI is InChI=1S/C26H25ClN2O4S/c1-5-33-26(30)24-18(4)29(21-10-6-16(2)7-11-21)25-17(3)14-20(15-23(24)25)28-34(31,32)22-12-8-19(27)9-13-22/h6-15,28H,5H2,1-4H3. The van der Waals surface area contributed by atoms with Crippen molar-refractivity contribution in [1.29, 1.82) is 0 Å². The van der Waals surface area contributed by atoms with E-state index in [-0.39, 0.29) is 11.5 Å². The van der Waals surface area contributed by atoms with Crippen LogP contribution >= 0.6 is 11.6 Å². The van der Waals surface area contributed by atoms with Crippen molar-refractivity contribution in [1.82, 2.24) is 4.57 Å². The third kappa shape index (κ3) is 4.41. The molecule has 1 N–H and O–H groups in total. The first kappa shape index (κ1) is 23.9. The molecule has 4 rings (SSSR count). The first-order valence-corrected chi connectivity index (χ1v) is 12.7. The van der Waals surface area contributed by atoms with Gasteiger partial charge in [-0.2, -0.15) is 0 Å². The number of hydrogen-bond donors (Lipinski definition) is 1. The molecule has 4 aromatic rings. The van der Waals surface area contributed by atoms with Crippen LogP contribution in [0.15, 0.2) is 65.6 Å². The molecule has 8 heteroatoms. The molecule has 0 aliphatic carbocycles. The number of nitrogens with one attached hydrogen (secondary N) is 1. The Hall–Kier alpha value is -3.29. The van der Waals surface area contributed by atoms with Gasteiger partial charge in [0.25, 0.3) is 10.0 Å². The lowest BCUT2D eigenvalue weighted by molar-refractivity contribution is 0.0527. The molecule has 1 aromatic heterocycles. The first-order chi connectivity index (χ1) is 16.1. The number of rotatable bonds is 6. The summed E-state index contributed by atoms with van der Waals surface area (Å²) in [6.07, 6.45) is 0. The summed E-state index contributed by atoms with van der Waals surface area (Å²) in [6.45, 7) is 7.75. The van der Waals surface area contributed by atoms with Gasteiger partial charge in [0.15, 0.2) is 0 Å². The number of aryl methyl sites for hydroxylation is 2. The van der Waals surface area contributed by atoms with Gasteiger partial charge in [0.1, 0.15) is 0 Å². The Bertz CT molecular complexity index is 1490. The van der Waals surface area contributed by atoms with Crippen LogP contribution in [0.3, 0.4) is 0 Å². The van der Waals surface area contributed by atoms with E-state index >= 15 is 0 Å². The van der Waals surface area contributed by atoms with Gasteiger partial charge in [-0.1, -0.05) is 29.3 Å². The van der Waals surface area contributed by atoms with Gasteiger partial charge < -0.3 is 9.30 Å². The van der Waals surface area contributed by atoms with E-state index in [0.717, 1.165) is 28.0 Å². The van der Waals surface area contributed by atoms with Crippen molar-refractivity contribution >= 4 is 44.2 Å². The van der Waals surface area contributed by atoms with Crippen LogP contribution in [0.4, 0.5) is 5.69 Å². The molecule has 6 nitrogen and oxygen atoms in total. The van der Waals surface area contributed by atoms with Gasteiger partial charge in [-0.25, -0.2) is 13.2 Å². The van der Waals surface area contributed by atoms with Gasteiger partial charge in [0.2, 0.25) is 0 Å². The highest BCUT2D eigenvalue weighted by Crippen LogP contribution is 2.35. The highest BCUT2D eigenvalue weighted by molar-refractivity contribution is 7.92. The fourth-order valence-corrected chi connectivity index (χ4v) is 5.27. The highest BCUT2D eigenvalue weighted by Gasteiger charge is 2.24. The molecule has 176 valence electrons. The number of benzene rings is 3. The Morgan fingerprint density at radius 3 is 2.26 bits per heavy atom. The molecule has 0 atom stereocenters. The molecule has 0 unspecified atom stereocenters. The number of aromatic nitrogens is 1. The Kier molecular flexibility index (Phi) is 6.43. The summed E-state index contributed by atoms with van der Waals surface area (Å²) in [5, 5.41) is 1.06. The molecule has 0 amide bonds. The number of esters is 1. The lowest BCUT2D eigenvalue weighted by Gasteiger charge is -2.13. The summed E-state index contributed by atoms with van der Waals surface area (Å²) in [5.41, 5.74) is 5.14. The Morgan fingerprint density at radius 2 is 1.65 bits per heavy atom. The Labute approximate surface area is 204 Å². The largest absolute Gasteiger partial charge is 0.462 e. The summed E-state index contributed by atoms with van der Waals surface area (Å²) in [6, 6.07) is 17.4. The number of ether oxygens (including phenoxy) is 1. The molecule has 0 radical (unpaired) electrons. The van der Waals surface area contributed by atoms with Crippen molar-refractivity contribution in [2.24, 2.45) is 0 Å². The number of anilines is 1. The van der Waals surface area contributed by atoms with E-state index in [1.165, 1.54) is 24.3 Å². The zero-order valence-corrected chi connectivity index (χ0v) is 20.9. The van der Waals surface area contributed by atoms with Crippen LogP contribution in [-0.4, -0.2) is 25.6 Å². The summed E-state index contributed by atoms with van der Waals surface area (Å²) in [5.74, 6) is -0.451. The highest BCUT2D eigenvalue weighted by atomic mass is 35.5. The monoisotopic (exact) mass is 496 g/mol. The van der Waals surface area contributed by atoms with Gasteiger partial charge in [-0.15, -0.1) is 0 Å². The SMILES string of the molecule is CCOC(=O)c1c(C)n(-c2ccc(C)cc2)c2c(C)cc(NS(=O)(=O)c3ccc(Cl)cc3)cc12. The maximum atomic E-state index is 13.0. The third-order valence-corrected chi connectivity index (χ3v) is 7.29. The maximum Gasteiger partial charge on any atom is 0.340 e. The number of carbonyl (C=O) groups excluding carboxylic acids is 1. The zero-order valence-electron chi connectivity index (χ0n) is 19.3. The smallest absolute Gasteiger partial charge is 0.340 e. The van der Waals surface area contributed by atoms with Crippen LogP contribution in [0, 0.1) is 20.8 Å². The molecule has 0 spiro atoms. The molecule has 34 heavy (non-hydrogen) atoms. The second kappa shape index (κ2) is 9.16. The maximum absolute atomic E-state index is 13.0. The first-order valence-electron chi connectivity index (χ1n) is 10.8.